The maximum absolute atomic E-state index is 14.2. The molecule has 0 aliphatic carbocycles. The number of likely N-dealkylation sites (N-methyl/N-ethyl adjacent to an activating group) is 1. The Morgan fingerprint density at radius 2 is 1.74 bits per heavy atom. The maximum atomic E-state index is 14.2. The number of hydrogen-bond donors (Lipinski definition) is 1. The van der Waals surface area contributed by atoms with E-state index in [1.54, 1.807) is 0 Å². The highest BCUT2D eigenvalue weighted by molar-refractivity contribution is 5.97. The van der Waals surface area contributed by atoms with E-state index < -0.39 is 23.6 Å². The van der Waals surface area contributed by atoms with Crippen LogP contribution < -0.4 is 9.47 Å². The first kappa shape index (κ1) is 20.5. The number of benzene rings is 1. The molecule has 1 heterocycles. The van der Waals surface area contributed by atoms with E-state index in [-0.39, 0.29) is 29.5 Å². The van der Waals surface area contributed by atoms with E-state index in [0.29, 0.717) is 25.9 Å². The molecule has 0 atom stereocenters. The number of rotatable bonds is 6. The van der Waals surface area contributed by atoms with Crippen LogP contribution >= 0.6 is 0 Å². The standard InChI is InChI=1S/C18H23FN2O6/c1-20(10-16(22)21-6-4-11(5-7-21)18(24)25)17(23)12-8-14(26-2)15(27-3)9-13(12)19/h8-9,11H,4-7,10H2,1-3H3,(H,24,25). The Labute approximate surface area is 156 Å². The fraction of sp³-hybridized carbons (Fsp3) is 0.500. The summed E-state index contributed by atoms with van der Waals surface area (Å²) >= 11 is 0. The van der Waals surface area contributed by atoms with Crippen molar-refractivity contribution in [3.63, 3.8) is 0 Å². The Balaban J connectivity index is 2.03. The molecule has 9 heteroatoms. The topological polar surface area (TPSA) is 96.4 Å². The Kier molecular flexibility index (Phi) is 6.59. The molecule has 2 amide bonds. The van der Waals surface area contributed by atoms with E-state index in [0.717, 1.165) is 11.0 Å². The fourth-order valence-corrected chi connectivity index (χ4v) is 2.97. The van der Waals surface area contributed by atoms with Crippen LogP contribution in [-0.2, 0) is 9.59 Å². The van der Waals surface area contributed by atoms with Gasteiger partial charge in [0.05, 0.1) is 32.2 Å². The lowest BCUT2D eigenvalue weighted by atomic mass is 9.97. The van der Waals surface area contributed by atoms with Gasteiger partial charge in [-0.2, -0.15) is 0 Å². The average molecular weight is 382 g/mol. The van der Waals surface area contributed by atoms with Crippen LogP contribution in [0.3, 0.4) is 0 Å². The molecule has 1 aliphatic rings. The third kappa shape index (κ3) is 4.66. The van der Waals surface area contributed by atoms with Crippen molar-refractivity contribution in [1.82, 2.24) is 9.80 Å². The summed E-state index contributed by atoms with van der Waals surface area (Å²) in [5, 5.41) is 9.00. The van der Waals surface area contributed by atoms with E-state index in [1.165, 1.54) is 32.2 Å². The maximum Gasteiger partial charge on any atom is 0.306 e. The molecule has 1 aromatic carbocycles. The van der Waals surface area contributed by atoms with Crippen molar-refractivity contribution in [2.75, 3.05) is 40.9 Å². The number of carboxylic acids is 1. The molecule has 1 N–H and O–H groups in total. The van der Waals surface area contributed by atoms with E-state index in [9.17, 15) is 18.8 Å². The number of nitrogens with zero attached hydrogens (tertiary/aromatic N) is 2. The van der Waals surface area contributed by atoms with Crippen molar-refractivity contribution in [1.29, 1.82) is 0 Å². The van der Waals surface area contributed by atoms with Gasteiger partial charge in [-0.25, -0.2) is 4.39 Å². The molecular formula is C18H23FN2O6. The van der Waals surface area contributed by atoms with E-state index in [4.69, 9.17) is 14.6 Å². The second kappa shape index (κ2) is 8.70. The minimum absolute atomic E-state index is 0.159. The van der Waals surface area contributed by atoms with Crippen molar-refractivity contribution in [2.45, 2.75) is 12.8 Å². The highest BCUT2D eigenvalue weighted by Crippen LogP contribution is 2.30. The number of hydrogen-bond acceptors (Lipinski definition) is 5. The number of carboxylic acid groups (broad SMARTS) is 1. The number of aliphatic carboxylic acids is 1. The summed E-state index contributed by atoms with van der Waals surface area (Å²) in [6, 6.07) is 2.29. The van der Waals surface area contributed by atoms with Crippen LogP contribution in [0.25, 0.3) is 0 Å². The van der Waals surface area contributed by atoms with Crippen LogP contribution in [0.4, 0.5) is 4.39 Å². The first-order chi connectivity index (χ1) is 12.8. The number of ether oxygens (including phenoxy) is 2. The molecule has 1 saturated heterocycles. The highest BCUT2D eigenvalue weighted by Gasteiger charge is 2.28. The Hall–Kier alpha value is -2.84. The van der Waals surface area contributed by atoms with Gasteiger partial charge in [0.25, 0.3) is 5.91 Å². The summed E-state index contributed by atoms with van der Waals surface area (Å²) < 4.78 is 24.3. The first-order valence-corrected chi connectivity index (χ1v) is 8.46. The molecule has 2 rings (SSSR count). The van der Waals surface area contributed by atoms with Gasteiger partial charge in [-0.05, 0) is 18.9 Å². The number of methoxy groups -OCH3 is 2. The summed E-state index contributed by atoms with van der Waals surface area (Å²) in [5.41, 5.74) is -0.229. The number of carbonyl (C=O) groups excluding carboxylic acids is 2. The number of carbonyl (C=O) groups is 3. The van der Waals surface area contributed by atoms with Gasteiger partial charge in [0.2, 0.25) is 5.91 Å². The Bertz CT molecular complexity index is 731. The third-order valence-electron chi connectivity index (χ3n) is 4.62. The molecule has 1 fully saturated rings. The van der Waals surface area contributed by atoms with Crippen molar-refractivity contribution < 1.29 is 33.4 Å². The zero-order valence-electron chi connectivity index (χ0n) is 15.5. The van der Waals surface area contributed by atoms with Gasteiger partial charge in [-0.15, -0.1) is 0 Å². The van der Waals surface area contributed by atoms with Gasteiger partial charge in [0.1, 0.15) is 5.82 Å². The molecule has 148 valence electrons. The van der Waals surface area contributed by atoms with Gasteiger partial charge in [-0.1, -0.05) is 0 Å². The Morgan fingerprint density at radius 1 is 1.19 bits per heavy atom. The predicted molar refractivity (Wildman–Crippen MR) is 93.4 cm³/mol. The molecule has 1 aromatic rings. The molecule has 0 radical (unpaired) electrons. The van der Waals surface area contributed by atoms with Gasteiger partial charge >= 0.3 is 5.97 Å². The van der Waals surface area contributed by atoms with Crippen molar-refractivity contribution in [3.05, 3.63) is 23.5 Å². The minimum Gasteiger partial charge on any atom is -0.493 e. The summed E-state index contributed by atoms with van der Waals surface area (Å²) in [4.78, 5) is 38.5. The van der Waals surface area contributed by atoms with E-state index in [1.807, 2.05) is 0 Å². The Morgan fingerprint density at radius 3 is 2.26 bits per heavy atom. The van der Waals surface area contributed by atoms with Crippen LogP contribution in [0.5, 0.6) is 11.5 Å². The monoisotopic (exact) mass is 382 g/mol. The lowest BCUT2D eigenvalue weighted by molar-refractivity contribution is -0.145. The first-order valence-electron chi connectivity index (χ1n) is 8.46. The van der Waals surface area contributed by atoms with Crippen LogP contribution in [0, 0.1) is 11.7 Å². The fourth-order valence-electron chi connectivity index (χ4n) is 2.97. The number of amides is 2. The molecule has 8 nitrogen and oxygen atoms in total. The number of piperidine rings is 1. The van der Waals surface area contributed by atoms with Crippen LogP contribution in [0.2, 0.25) is 0 Å². The number of halogens is 1. The zero-order valence-corrected chi connectivity index (χ0v) is 15.5. The molecule has 1 aliphatic heterocycles. The second-order valence-corrected chi connectivity index (χ2v) is 6.34. The lowest BCUT2D eigenvalue weighted by Crippen LogP contribution is -2.45. The molecule has 0 saturated carbocycles. The molecule has 0 aromatic heterocycles. The third-order valence-corrected chi connectivity index (χ3v) is 4.62. The van der Waals surface area contributed by atoms with E-state index in [2.05, 4.69) is 0 Å². The highest BCUT2D eigenvalue weighted by atomic mass is 19.1. The van der Waals surface area contributed by atoms with Crippen molar-refractivity contribution in [2.24, 2.45) is 5.92 Å². The molecular weight excluding hydrogens is 359 g/mol. The van der Waals surface area contributed by atoms with E-state index >= 15 is 0 Å². The van der Waals surface area contributed by atoms with Crippen molar-refractivity contribution >= 4 is 17.8 Å². The predicted octanol–water partition coefficient (Wildman–Crippen LogP) is 1.24. The molecule has 0 unspecified atom stereocenters. The number of likely N-dealkylation sites (tertiary alicyclic amines) is 1. The summed E-state index contributed by atoms with van der Waals surface area (Å²) in [7, 11) is 4.13. The average Bonchev–Trinajstić information content (AvgIpc) is 2.66. The smallest absolute Gasteiger partial charge is 0.306 e. The van der Waals surface area contributed by atoms with Gasteiger partial charge in [0.15, 0.2) is 11.5 Å². The SMILES string of the molecule is COc1cc(F)c(C(=O)N(C)CC(=O)N2CCC(C(=O)O)CC2)cc1OC. The second-order valence-electron chi connectivity index (χ2n) is 6.34. The van der Waals surface area contributed by atoms with Gasteiger partial charge < -0.3 is 24.4 Å². The van der Waals surface area contributed by atoms with Gasteiger partial charge in [0, 0.05) is 26.2 Å². The molecule has 0 bridgehead atoms. The largest absolute Gasteiger partial charge is 0.493 e. The van der Waals surface area contributed by atoms with Gasteiger partial charge in [-0.3, -0.25) is 14.4 Å². The summed E-state index contributed by atoms with van der Waals surface area (Å²) in [6.07, 6.45) is 0.756. The quantitative estimate of drug-likeness (QED) is 0.795. The van der Waals surface area contributed by atoms with Crippen LogP contribution in [0.1, 0.15) is 23.2 Å². The van der Waals surface area contributed by atoms with Crippen molar-refractivity contribution in [3.8, 4) is 11.5 Å². The minimum atomic E-state index is -0.863. The lowest BCUT2D eigenvalue weighted by Gasteiger charge is -2.31. The molecule has 0 spiro atoms. The normalized spacial score (nSPS) is 14.6. The summed E-state index contributed by atoms with van der Waals surface area (Å²) in [5.74, 6) is -2.70. The van der Waals surface area contributed by atoms with Crippen LogP contribution in [-0.4, -0.2) is 73.6 Å². The summed E-state index contributed by atoms with van der Waals surface area (Å²) in [6.45, 7) is 0.412. The zero-order chi connectivity index (χ0) is 20.1. The molecule has 27 heavy (non-hydrogen) atoms. The van der Waals surface area contributed by atoms with Crippen LogP contribution in [0.15, 0.2) is 12.1 Å².